The lowest BCUT2D eigenvalue weighted by molar-refractivity contribution is -0.130. The summed E-state index contributed by atoms with van der Waals surface area (Å²) in [5, 5.41) is 12.6. The Morgan fingerprint density at radius 2 is 1.70 bits per heavy atom. The summed E-state index contributed by atoms with van der Waals surface area (Å²) in [5.74, 6) is 1.18. The van der Waals surface area contributed by atoms with Crippen molar-refractivity contribution < 1.29 is 19.4 Å². The maximum absolute atomic E-state index is 12.2. The Hall–Kier alpha value is -4.38. The molecule has 2 aromatic carbocycles. The second-order valence-corrected chi connectivity index (χ2v) is 11.9. The lowest BCUT2D eigenvalue weighted by Crippen LogP contribution is -2.50. The lowest BCUT2D eigenvalue weighted by atomic mass is 10.0. The molecule has 2 amide bonds. The van der Waals surface area contributed by atoms with E-state index in [0.717, 1.165) is 72.7 Å². The fourth-order valence-electron chi connectivity index (χ4n) is 6.54. The van der Waals surface area contributed by atoms with E-state index >= 15 is 0 Å². The molecule has 0 aliphatic carbocycles. The van der Waals surface area contributed by atoms with Crippen LogP contribution in [0.4, 0.5) is 11.5 Å². The van der Waals surface area contributed by atoms with Crippen LogP contribution in [0.5, 0.6) is 11.8 Å². The van der Waals surface area contributed by atoms with Gasteiger partial charge in [0.25, 0.3) is 0 Å². The van der Waals surface area contributed by atoms with Crippen molar-refractivity contribution >= 4 is 34.1 Å². The average Bonchev–Trinajstić information content (AvgIpc) is 3.03. The first-order chi connectivity index (χ1) is 21.3. The van der Waals surface area contributed by atoms with E-state index in [1.165, 1.54) is 6.08 Å². The highest BCUT2D eigenvalue weighted by Gasteiger charge is 2.30. The fraction of sp³-hybridized carbons (Fsp3) is 0.455. The summed E-state index contributed by atoms with van der Waals surface area (Å²) in [6, 6.07) is 12.1. The van der Waals surface area contributed by atoms with Crippen molar-refractivity contribution in [1.82, 2.24) is 24.7 Å². The molecule has 1 unspecified atom stereocenters. The van der Waals surface area contributed by atoms with Gasteiger partial charge in [-0.25, -0.2) is 0 Å². The van der Waals surface area contributed by atoms with Gasteiger partial charge >= 0.3 is 6.01 Å². The van der Waals surface area contributed by atoms with Crippen LogP contribution in [0.15, 0.2) is 49.1 Å². The summed E-state index contributed by atoms with van der Waals surface area (Å²) >= 11 is 0. The number of amides is 2. The molecule has 3 aromatic rings. The second kappa shape index (κ2) is 12.7. The highest BCUT2D eigenvalue weighted by Crippen LogP contribution is 2.36. The Balaban J connectivity index is 1.26. The molecule has 6 rings (SSSR count). The third-order valence-corrected chi connectivity index (χ3v) is 8.89. The Morgan fingerprint density at radius 1 is 0.977 bits per heavy atom. The van der Waals surface area contributed by atoms with Crippen molar-refractivity contribution in [3.8, 4) is 11.8 Å². The minimum atomic E-state index is -0.151. The number of benzene rings is 2. The number of phenolic OH excluding ortho intramolecular Hbond substituents is 1. The van der Waals surface area contributed by atoms with E-state index in [-0.39, 0.29) is 23.7 Å². The number of phenols is 1. The summed E-state index contributed by atoms with van der Waals surface area (Å²) in [5.41, 5.74) is 2.99. The molecule has 4 heterocycles. The van der Waals surface area contributed by atoms with Gasteiger partial charge < -0.3 is 29.4 Å². The first-order valence-electron chi connectivity index (χ1n) is 15.5. The number of nitrogens with zero attached hydrogens (tertiary/aromatic N) is 7. The van der Waals surface area contributed by atoms with Gasteiger partial charge in [-0.15, -0.1) is 0 Å². The van der Waals surface area contributed by atoms with Crippen LogP contribution in [-0.4, -0.2) is 113 Å². The third-order valence-electron chi connectivity index (χ3n) is 8.89. The van der Waals surface area contributed by atoms with Crippen LogP contribution >= 0.6 is 0 Å². The molecule has 3 aliphatic rings. The fourth-order valence-corrected chi connectivity index (χ4v) is 6.54. The number of hydrogen-bond acceptors (Lipinski definition) is 9. The van der Waals surface area contributed by atoms with Crippen molar-refractivity contribution in [2.45, 2.75) is 32.9 Å². The molecule has 0 bridgehead atoms. The first kappa shape index (κ1) is 29.7. The van der Waals surface area contributed by atoms with Crippen LogP contribution in [0, 0.1) is 0 Å². The summed E-state index contributed by atoms with van der Waals surface area (Å²) in [7, 11) is 0. The van der Waals surface area contributed by atoms with Gasteiger partial charge in [0, 0.05) is 95.1 Å². The van der Waals surface area contributed by atoms with Gasteiger partial charge in [-0.05, 0) is 30.9 Å². The van der Waals surface area contributed by atoms with Crippen LogP contribution in [-0.2, 0) is 22.6 Å². The molecule has 3 aliphatic heterocycles. The van der Waals surface area contributed by atoms with Crippen molar-refractivity contribution in [3.63, 3.8) is 0 Å². The van der Waals surface area contributed by atoms with Crippen LogP contribution in [0.25, 0.3) is 10.8 Å². The van der Waals surface area contributed by atoms with E-state index in [0.29, 0.717) is 45.3 Å². The topological polar surface area (TPSA) is 106 Å². The minimum Gasteiger partial charge on any atom is -0.508 e. The van der Waals surface area contributed by atoms with Crippen molar-refractivity contribution in [2.24, 2.45) is 0 Å². The van der Waals surface area contributed by atoms with Gasteiger partial charge in [-0.2, -0.15) is 9.97 Å². The molecule has 1 atom stereocenters. The molecular formula is C33H41N7O4. The second-order valence-electron chi connectivity index (χ2n) is 11.9. The van der Waals surface area contributed by atoms with Crippen LogP contribution in [0.3, 0.4) is 0 Å². The van der Waals surface area contributed by atoms with E-state index in [2.05, 4.69) is 27.3 Å². The number of aromatic nitrogens is 2. The predicted molar refractivity (Wildman–Crippen MR) is 170 cm³/mol. The lowest BCUT2D eigenvalue weighted by Gasteiger charge is -2.38. The third kappa shape index (κ3) is 6.28. The molecule has 1 aromatic heterocycles. The minimum absolute atomic E-state index is 0.0506. The van der Waals surface area contributed by atoms with E-state index in [1.54, 1.807) is 13.0 Å². The zero-order valence-electron chi connectivity index (χ0n) is 25.6. The first-order valence-corrected chi connectivity index (χ1v) is 15.5. The predicted octanol–water partition coefficient (Wildman–Crippen LogP) is 2.66. The zero-order chi connectivity index (χ0) is 30.8. The summed E-state index contributed by atoms with van der Waals surface area (Å²) < 4.78 is 6.39. The van der Waals surface area contributed by atoms with Crippen LogP contribution < -0.4 is 14.5 Å². The van der Waals surface area contributed by atoms with Gasteiger partial charge in [-0.1, -0.05) is 30.8 Å². The smallest absolute Gasteiger partial charge is 0.318 e. The Morgan fingerprint density at radius 3 is 2.43 bits per heavy atom. The largest absolute Gasteiger partial charge is 0.508 e. The molecule has 0 spiro atoms. The SMILES string of the molecule is C=CC(=O)N1CCN(c2nc(OC(C)CN3CCN(C(C)=O)CC3)nc3c2CCN(c2cc(O)cc4ccccc24)C3)CC1. The van der Waals surface area contributed by atoms with Gasteiger partial charge in [0.15, 0.2) is 0 Å². The molecule has 11 nitrogen and oxygen atoms in total. The Labute approximate surface area is 258 Å². The maximum Gasteiger partial charge on any atom is 0.318 e. The number of aromatic hydroxyl groups is 1. The quantitative estimate of drug-likeness (QED) is 0.411. The highest BCUT2D eigenvalue weighted by molar-refractivity contribution is 5.95. The van der Waals surface area contributed by atoms with E-state index in [1.807, 2.05) is 41.0 Å². The van der Waals surface area contributed by atoms with E-state index < -0.39 is 0 Å². The van der Waals surface area contributed by atoms with Crippen molar-refractivity contribution in [3.05, 3.63) is 60.3 Å². The van der Waals surface area contributed by atoms with Crippen LogP contribution in [0.1, 0.15) is 25.1 Å². The number of piperazine rings is 2. The molecular weight excluding hydrogens is 558 g/mol. The highest BCUT2D eigenvalue weighted by atomic mass is 16.5. The summed E-state index contributed by atoms with van der Waals surface area (Å²) in [6.45, 7) is 14.9. The molecule has 11 heteroatoms. The zero-order valence-corrected chi connectivity index (χ0v) is 25.6. The molecule has 1 N–H and O–H groups in total. The van der Waals surface area contributed by atoms with E-state index in [9.17, 15) is 14.7 Å². The number of fused-ring (bicyclic) bond motifs is 2. The van der Waals surface area contributed by atoms with Gasteiger partial charge in [-0.3, -0.25) is 14.5 Å². The molecule has 44 heavy (non-hydrogen) atoms. The number of rotatable bonds is 7. The number of hydrogen-bond donors (Lipinski definition) is 1. The van der Waals surface area contributed by atoms with E-state index in [4.69, 9.17) is 14.7 Å². The Kier molecular flexibility index (Phi) is 8.56. The van der Waals surface area contributed by atoms with Gasteiger partial charge in [0.05, 0.1) is 12.2 Å². The monoisotopic (exact) mass is 599 g/mol. The molecule has 2 fully saturated rings. The normalized spacial score (nSPS) is 18.2. The molecule has 2 saturated heterocycles. The standard InChI is InChI=1S/C33H41N7O4/c1-4-31(43)38-15-17-39(18-16-38)32-28-9-10-40(30-20-26(42)19-25-7-5-6-8-27(25)30)22-29(28)34-33(35-32)44-23(2)21-36-11-13-37(14-12-36)24(3)41/h4-8,19-20,23,42H,1,9-18,21-22H2,2-3H3. The average molecular weight is 600 g/mol. The molecule has 0 saturated carbocycles. The number of anilines is 2. The Bertz CT molecular complexity index is 1550. The van der Waals surface area contributed by atoms with Crippen molar-refractivity contribution in [2.75, 3.05) is 75.2 Å². The van der Waals surface area contributed by atoms with Crippen molar-refractivity contribution in [1.29, 1.82) is 0 Å². The molecule has 0 radical (unpaired) electrons. The van der Waals surface area contributed by atoms with Crippen LogP contribution in [0.2, 0.25) is 0 Å². The maximum atomic E-state index is 12.2. The number of carbonyl (C=O) groups excluding carboxylic acids is 2. The molecule has 232 valence electrons. The number of ether oxygens (including phenoxy) is 1. The summed E-state index contributed by atoms with van der Waals surface area (Å²) in [4.78, 5) is 44.4. The van der Waals surface area contributed by atoms with Gasteiger partial charge in [0.2, 0.25) is 11.8 Å². The van der Waals surface area contributed by atoms with Gasteiger partial charge in [0.1, 0.15) is 17.7 Å². The summed E-state index contributed by atoms with van der Waals surface area (Å²) in [6.07, 6.45) is 1.97. The number of carbonyl (C=O) groups is 2.